The fourth-order valence-corrected chi connectivity index (χ4v) is 1.74. The molecule has 0 spiro atoms. The Labute approximate surface area is 78.3 Å². The molecule has 2 atom stereocenters. The van der Waals surface area contributed by atoms with Crippen molar-refractivity contribution in [3.8, 4) is 0 Å². The minimum absolute atomic E-state index is 0.0294. The molecule has 1 aromatic rings. The van der Waals surface area contributed by atoms with Crippen molar-refractivity contribution in [3.05, 3.63) is 35.4 Å². The van der Waals surface area contributed by atoms with Crippen molar-refractivity contribution in [1.82, 2.24) is 10.9 Å². The van der Waals surface area contributed by atoms with Gasteiger partial charge in [-0.1, -0.05) is 29.8 Å². The van der Waals surface area contributed by atoms with Crippen LogP contribution in [0.5, 0.6) is 0 Å². The molecule has 0 radical (unpaired) electrons. The number of hydrazine groups is 1. The summed E-state index contributed by atoms with van der Waals surface area (Å²) in [7, 11) is 0. The lowest BCUT2D eigenvalue weighted by atomic mass is 9.96. The molecule has 1 fully saturated rings. The minimum atomic E-state index is 0.0294. The average molecular weight is 177 g/mol. The number of hydrogen-bond acceptors (Lipinski definition) is 3. The number of benzene rings is 1. The summed E-state index contributed by atoms with van der Waals surface area (Å²) in [6.07, 6.45) is 0.0294. The topological polar surface area (TPSA) is 50.1 Å². The Balaban J connectivity index is 2.24. The van der Waals surface area contributed by atoms with Gasteiger partial charge in [-0.2, -0.15) is 0 Å². The van der Waals surface area contributed by atoms with E-state index in [1.54, 1.807) is 0 Å². The van der Waals surface area contributed by atoms with E-state index in [9.17, 15) is 0 Å². The summed E-state index contributed by atoms with van der Waals surface area (Å²) < 4.78 is 0. The van der Waals surface area contributed by atoms with Gasteiger partial charge >= 0.3 is 0 Å². The molecule has 0 bridgehead atoms. The molecule has 0 aliphatic carbocycles. The van der Waals surface area contributed by atoms with Gasteiger partial charge in [0.05, 0.1) is 6.17 Å². The van der Waals surface area contributed by atoms with E-state index < -0.39 is 0 Å². The first-order valence-electron chi connectivity index (χ1n) is 4.58. The van der Waals surface area contributed by atoms with Gasteiger partial charge in [0.2, 0.25) is 0 Å². The highest BCUT2D eigenvalue weighted by Gasteiger charge is 2.24. The van der Waals surface area contributed by atoms with E-state index in [1.165, 1.54) is 11.1 Å². The highest BCUT2D eigenvalue weighted by Crippen LogP contribution is 2.20. The van der Waals surface area contributed by atoms with Crippen LogP contribution in [0, 0.1) is 6.92 Å². The van der Waals surface area contributed by atoms with Crippen molar-refractivity contribution in [1.29, 1.82) is 0 Å². The van der Waals surface area contributed by atoms with Crippen LogP contribution in [-0.4, -0.2) is 12.7 Å². The molecule has 3 nitrogen and oxygen atoms in total. The third-order valence-corrected chi connectivity index (χ3v) is 2.49. The first-order valence-corrected chi connectivity index (χ1v) is 4.58. The normalized spacial score (nSPS) is 27.8. The van der Waals surface area contributed by atoms with Crippen LogP contribution in [0.25, 0.3) is 0 Å². The first kappa shape index (κ1) is 8.69. The third kappa shape index (κ3) is 1.72. The first-order chi connectivity index (χ1) is 6.27. The highest BCUT2D eigenvalue weighted by molar-refractivity contribution is 5.27. The van der Waals surface area contributed by atoms with Crippen LogP contribution in [0.1, 0.15) is 17.0 Å². The molecule has 1 aliphatic heterocycles. The summed E-state index contributed by atoms with van der Waals surface area (Å²) in [6, 6.07) is 8.51. The molecule has 70 valence electrons. The zero-order valence-electron chi connectivity index (χ0n) is 7.75. The van der Waals surface area contributed by atoms with Crippen LogP contribution in [0.15, 0.2) is 24.3 Å². The maximum absolute atomic E-state index is 5.89. The molecule has 1 saturated heterocycles. The average Bonchev–Trinajstić information content (AvgIpc) is 2.51. The van der Waals surface area contributed by atoms with Crippen LogP contribution in [0.3, 0.4) is 0 Å². The molecule has 1 heterocycles. The summed E-state index contributed by atoms with van der Waals surface area (Å²) in [5, 5.41) is 0. The second-order valence-corrected chi connectivity index (χ2v) is 3.57. The second kappa shape index (κ2) is 3.46. The van der Waals surface area contributed by atoms with E-state index in [4.69, 9.17) is 5.73 Å². The number of nitrogens with one attached hydrogen (secondary N) is 2. The largest absolute Gasteiger partial charge is 0.314 e. The van der Waals surface area contributed by atoms with E-state index >= 15 is 0 Å². The summed E-state index contributed by atoms with van der Waals surface area (Å²) in [5.41, 5.74) is 14.6. The second-order valence-electron chi connectivity index (χ2n) is 3.57. The van der Waals surface area contributed by atoms with Crippen LogP contribution in [-0.2, 0) is 0 Å². The van der Waals surface area contributed by atoms with E-state index in [0.29, 0.717) is 5.92 Å². The Morgan fingerprint density at radius 3 is 2.92 bits per heavy atom. The van der Waals surface area contributed by atoms with E-state index in [1.807, 2.05) is 0 Å². The predicted octanol–water partition coefficient (Wildman–Crippen LogP) is 0.471. The maximum atomic E-state index is 5.89. The van der Waals surface area contributed by atoms with Crippen molar-refractivity contribution < 1.29 is 0 Å². The van der Waals surface area contributed by atoms with Gasteiger partial charge in [-0.05, 0) is 12.5 Å². The van der Waals surface area contributed by atoms with Crippen molar-refractivity contribution in [2.75, 3.05) is 6.54 Å². The van der Waals surface area contributed by atoms with Crippen LogP contribution < -0.4 is 16.6 Å². The zero-order valence-corrected chi connectivity index (χ0v) is 7.75. The van der Waals surface area contributed by atoms with E-state index in [-0.39, 0.29) is 6.17 Å². The van der Waals surface area contributed by atoms with Gasteiger partial charge in [0, 0.05) is 12.5 Å². The molecule has 3 heteroatoms. The van der Waals surface area contributed by atoms with Gasteiger partial charge in [-0.25, -0.2) is 5.43 Å². The quantitative estimate of drug-likeness (QED) is 0.584. The van der Waals surface area contributed by atoms with Crippen molar-refractivity contribution in [2.45, 2.75) is 19.0 Å². The van der Waals surface area contributed by atoms with Crippen LogP contribution in [0.4, 0.5) is 0 Å². The van der Waals surface area contributed by atoms with Crippen molar-refractivity contribution >= 4 is 0 Å². The molecule has 0 aromatic heterocycles. The van der Waals surface area contributed by atoms with Crippen LogP contribution >= 0.6 is 0 Å². The number of nitrogens with two attached hydrogens (primary N) is 1. The molecule has 1 aliphatic rings. The fraction of sp³-hybridized carbons (Fsp3) is 0.400. The molecule has 2 rings (SSSR count). The molecular weight excluding hydrogens is 162 g/mol. The molecule has 13 heavy (non-hydrogen) atoms. The molecule has 2 unspecified atom stereocenters. The Kier molecular flexibility index (Phi) is 2.31. The van der Waals surface area contributed by atoms with Gasteiger partial charge in [-0.15, -0.1) is 0 Å². The minimum Gasteiger partial charge on any atom is -0.314 e. The van der Waals surface area contributed by atoms with Gasteiger partial charge in [0.15, 0.2) is 0 Å². The standard InChI is InChI=1S/C10H15N3/c1-7-3-2-4-8(5-7)9-6-12-13-10(9)11/h2-5,9-10,12-13H,6,11H2,1H3. The lowest BCUT2D eigenvalue weighted by Crippen LogP contribution is -2.38. The zero-order chi connectivity index (χ0) is 9.26. The van der Waals surface area contributed by atoms with E-state index in [0.717, 1.165) is 6.54 Å². The van der Waals surface area contributed by atoms with Gasteiger partial charge in [0.1, 0.15) is 0 Å². The Bertz CT molecular complexity index is 298. The predicted molar refractivity (Wildman–Crippen MR) is 53.0 cm³/mol. The van der Waals surface area contributed by atoms with Crippen molar-refractivity contribution in [3.63, 3.8) is 0 Å². The van der Waals surface area contributed by atoms with Gasteiger partial charge < -0.3 is 5.73 Å². The molecule has 0 saturated carbocycles. The molecule has 1 aromatic carbocycles. The molecule has 4 N–H and O–H groups in total. The van der Waals surface area contributed by atoms with Gasteiger partial charge in [0.25, 0.3) is 0 Å². The van der Waals surface area contributed by atoms with Gasteiger partial charge in [-0.3, -0.25) is 5.43 Å². The monoisotopic (exact) mass is 177 g/mol. The maximum Gasteiger partial charge on any atom is 0.0761 e. The van der Waals surface area contributed by atoms with E-state index in [2.05, 4.69) is 42.0 Å². The Morgan fingerprint density at radius 2 is 2.31 bits per heavy atom. The summed E-state index contributed by atoms with van der Waals surface area (Å²) in [6.45, 7) is 3.01. The highest BCUT2D eigenvalue weighted by atomic mass is 15.4. The van der Waals surface area contributed by atoms with Crippen LogP contribution in [0.2, 0.25) is 0 Å². The number of hydrogen-bond donors (Lipinski definition) is 3. The lowest BCUT2D eigenvalue weighted by molar-refractivity contribution is 0.547. The lowest BCUT2D eigenvalue weighted by Gasteiger charge is -2.14. The number of rotatable bonds is 1. The summed E-state index contributed by atoms with van der Waals surface area (Å²) in [5.74, 6) is 0.389. The fourth-order valence-electron chi connectivity index (χ4n) is 1.74. The van der Waals surface area contributed by atoms with Crippen molar-refractivity contribution in [2.24, 2.45) is 5.73 Å². The Hall–Kier alpha value is -0.900. The summed E-state index contributed by atoms with van der Waals surface area (Å²) >= 11 is 0. The third-order valence-electron chi connectivity index (χ3n) is 2.49. The SMILES string of the molecule is Cc1cccc(C2CNNC2N)c1. The molecular formula is C10H15N3. The number of aryl methyl sites for hydroxylation is 1. The molecule has 0 amide bonds. The summed E-state index contributed by atoms with van der Waals surface area (Å²) in [4.78, 5) is 0. The smallest absolute Gasteiger partial charge is 0.0761 e. The Morgan fingerprint density at radius 1 is 1.46 bits per heavy atom.